The van der Waals surface area contributed by atoms with E-state index in [1.54, 1.807) is 15.9 Å². The second kappa shape index (κ2) is 10.8. The number of hydrogen-bond donors (Lipinski definition) is 0. The summed E-state index contributed by atoms with van der Waals surface area (Å²) in [5.41, 5.74) is 0.868. The predicted octanol–water partition coefficient (Wildman–Crippen LogP) is 3.79. The molecule has 2 aliphatic heterocycles. The minimum absolute atomic E-state index is 0.127. The van der Waals surface area contributed by atoms with E-state index in [9.17, 15) is 9.59 Å². The number of likely N-dealkylation sites (tertiary alicyclic amines) is 1. The van der Waals surface area contributed by atoms with Crippen molar-refractivity contribution in [3.63, 3.8) is 0 Å². The lowest BCUT2D eigenvalue weighted by molar-refractivity contribution is 0.00497. The molecule has 0 saturated carbocycles. The van der Waals surface area contributed by atoms with Crippen molar-refractivity contribution in [2.45, 2.75) is 58.4 Å². The van der Waals surface area contributed by atoms with Crippen molar-refractivity contribution in [3.8, 4) is 11.6 Å². The van der Waals surface area contributed by atoms with Gasteiger partial charge in [-0.1, -0.05) is 30.3 Å². The molecule has 0 spiro atoms. The third-order valence-electron chi connectivity index (χ3n) is 5.69. The summed E-state index contributed by atoms with van der Waals surface area (Å²) < 4.78 is 22.2. The summed E-state index contributed by atoms with van der Waals surface area (Å²) in [6.07, 6.45) is 0.406. The largest absolute Gasteiger partial charge is 0.484 e. The number of ether oxygens (including phenoxy) is 4. The number of piperidine rings is 1. The van der Waals surface area contributed by atoms with Crippen molar-refractivity contribution in [3.05, 3.63) is 47.7 Å². The number of fused-ring (bicyclic) bond motifs is 1. The Morgan fingerprint density at radius 2 is 1.80 bits per heavy atom. The van der Waals surface area contributed by atoms with Gasteiger partial charge in [0.25, 0.3) is 5.88 Å². The molecular weight excluding hydrogens is 452 g/mol. The smallest absolute Gasteiger partial charge is 0.410 e. The molecule has 2 aliphatic rings. The van der Waals surface area contributed by atoms with Gasteiger partial charge < -0.3 is 23.8 Å². The Labute approximate surface area is 205 Å². The minimum Gasteiger partial charge on any atom is -0.484 e. The molecule has 1 aromatic heterocycles. The Morgan fingerprint density at radius 1 is 1.09 bits per heavy atom. The molecule has 35 heavy (non-hydrogen) atoms. The second-order valence-corrected chi connectivity index (χ2v) is 9.57. The van der Waals surface area contributed by atoms with E-state index < -0.39 is 11.7 Å². The fourth-order valence-electron chi connectivity index (χ4n) is 3.98. The third-order valence-corrected chi connectivity index (χ3v) is 5.69. The highest BCUT2D eigenvalue weighted by atomic mass is 16.6. The molecule has 0 unspecified atom stereocenters. The molecule has 10 heteroatoms. The Hall–Kier alpha value is -3.56. The highest BCUT2D eigenvalue weighted by Crippen LogP contribution is 2.28. The van der Waals surface area contributed by atoms with Crippen LogP contribution in [0.3, 0.4) is 0 Å². The van der Waals surface area contributed by atoms with Crippen LogP contribution in [-0.4, -0.2) is 70.1 Å². The zero-order chi connectivity index (χ0) is 24.8. The molecule has 0 bridgehead atoms. The van der Waals surface area contributed by atoms with E-state index in [2.05, 4.69) is 10.2 Å². The summed E-state index contributed by atoms with van der Waals surface area (Å²) in [5, 5.41) is 8.30. The summed E-state index contributed by atoms with van der Waals surface area (Å²) in [6, 6.07) is 11.2. The summed E-state index contributed by atoms with van der Waals surface area (Å²) >= 11 is 0. The van der Waals surface area contributed by atoms with Crippen LogP contribution in [0.5, 0.6) is 11.6 Å². The van der Waals surface area contributed by atoms with Gasteiger partial charge in [0.15, 0.2) is 5.75 Å². The highest BCUT2D eigenvalue weighted by molar-refractivity contribution is 5.69. The molecule has 1 aromatic carbocycles. The quantitative estimate of drug-likeness (QED) is 0.632. The number of hydrogen-bond acceptors (Lipinski definition) is 8. The van der Waals surface area contributed by atoms with Crippen LogP contribution in [0.4, 0.5) is 9.59 Å². The second-order valence-electron chi connectivity index (χ2n) is 9.57. The van der Waals surface area contributed by atoms with Gasteiger partial charge in [0.05, 0.1) is 12.2 Å². The van der Waals surface area contributed by atoms with Crippen LogP contribution < -0.4 is 9.47 Å². The molecule has 188 valence electrons. The Morgan fingerprint density at radius 3 is 2.51 bits per heavy atom. The van der Waals surface area contributed by atoms with Gasteiger partial charge in [-0.05, 0) is 39.2 Å². The zero-order valence-electron chi connectivity index (χ0n) is 20.4. The SMILES string of the molecule is CC(C)(C)OC(=O)N(Cc1cc2c(nn1)OCCO2)C1CCN(C(=O)OCc2ccccc2)CC1. The summed E-state index contributed by atoms with van der Waals surface area (Å²) in [6.45, 7) is 7.75. The van der Waals surface area contributed by atoms with Gasteiger partial charge in [-0.3, -0.25) is 4.90 Å². The molecule has 3 heterocycles. The molecule has 2 aromatic rings. The van der Waals surface area contributed by atoms with Crippen molar-refractivity contribution in [2.24, 2.45) is 0 Å². The van der Waals surface area contributed by atoms with Crippen molar-refractivity contribution in [2.75, 3.05) is 26.3 Å². The fraction of sp³-hybridized carbons (Fsp3) is 0.520. The average molecular weight is 485 g/mol. The first-order valence-electron chi connectivity index (χ1n) is 11.9. The van der Waals surface area contributed by atoms with Crippen LogP contribution in [-0.2, 0) is 22.6 Å². The maximum absolute atomic E-state index is 13.1. The van der Waals surface area contributed by atoms with Gasteiger partial charge in [-0.2, -0.15) is 0 Å². The number of amides is 2. The number of nitrogens with zero attached hydrogens (tertiary/aromatic N) is 4. The number of carbonyl (C=O) groups excluding carboxylic acids is 2. The van der Waals surface area contributed by atoms with Crippen LogP contribution in [0.25, 0.3) is 0 Å². The lowest BCUT2D eigenvalue weighted by atomic mass is 10.0. The van der Waals surface area contributed by atoms with Gasteiger partial charge in [0, 0.05) is 25.2 Å². The third kappa shape index (κ3) is 6.74. The maximum Gasteiger partial charge on any atom is 0.410 e. The monoisotopic (exact) mass is 484 g/mol. The van der Waals surface area contributed by atoms with Gasteiger partial charge >= 0.3 is 12.2 Å². The average Bonchev–Trinajstić information content (AvgIpc) is 2.85. The lowest BCUT2D eigenvalue weighted by Gasteiger charge is -2.38. The number of rotatable bonds is 5. The summed E-state index contributed by atoms with van der Waals surface area (Å²) in [7, 11) is 0. The van der Waals surface area contributed by atoms with E-state index in [-0.39, 0.29) is 25.3 Å². The van der Waals surface area contributed by atoms with Crippen molar-refractivity contribution in [1.82, 2.24) is 20.0 Å². The van der Waals surface area contributed by atoms with Gasteiger partial charge in [0.2, 0.25) is 0 Å². The molecule has 1 saturated heterocycles. The van der Waals surface area contributed by atoms with Crippen LogP contribution >= 0.6 is 0 Å². The number of benzene rings is 1. The van der Waals surface area contributed by atoms with E-state index in [0.29, 0.717) is 56.5 Å². The Balaban J connectivity index is 1.39. The van der Waals surface area contributed by atoms with E-state index in [0.717, 1.165) is 5.56 Å². The zero-order valence-corrected chi connectivity index (χ0v) is 20.4. The first-order chi connectivity index (χ1) is 16.8. The van der Waals surface area contributed by atoms with Crippen LogP contribution in [0.2, 0.25) is 0 Å². The molecule has 0 aliphatic carbocycles. The first kappa shape index (κ1) is 24.6. The lowest BCUT2D eigenvalue weighted by Crippen LogP contribution is -2.49. The van der Waals surface area contributed by atoms with Gasteiger partial charge in [-0.15, -0.1) is 10.2 Å². The minimum atomic E-state index is -0.643. The van der Waals surface area contributed by atoms with Crippen molar-refractivity contribution >= 4 is 12.2 Å². The van der Waals surface area contributed by atoms with Crippen molar-refractivity contribution < 1.29 is 28.5 Å². The molecule has 0 atom stereocenters. The van der Waals surface area contributed by atoms with Crippen molar-refractivity contribution in [1.29, 1.82) is 0 Å². The molecule has 2 amide bonds. The Bertz CT molecular complexity index is 1020. The molecule has 0 radical (unpaired) electrons. The molecule has 4 rings (SSSR count). The maximum atomic E-state index is 13.1. The standard InChI is InChI=1S/C25H32N4O6/c1-25(2,3)35-24(31)29(16-19-15-21-22(27-26-19)33-14-13-32-21)20-9-11-28(12-10-20)23(30)34-17-18-7-5-4-6-8-18/h4-8,15,20H,9-14,16-17H2,1-3H3. The summed E-state index contributed by atoms with van der Waals surface area (Å²) in [4.78, 5) is 29.0. The fourth-order valence-corrected chi connectivity index (χ4v) is 3.98. The van der Waals surface area contributed by atoms with E-state index in [4.69, 9.17) is 18.9 Å². The predicted molar refractivity (Wildman–Crippen MR) is 126 cm³/mol. The van der Waals surface area contributed by atoms with Crippen LogP contribution in [0, 0.1) is 0 Å². The van der Waals surface area contributed by atoms with Crippen LogP contribution in [0.1, 0.15) is 44.9 Å². The molecule has 1 fully saturated rings. The van der Waals surface area contributed by atoms with E-state index in [1.165, 1.54) is 0 Å². The first-order valence-corrected chi connectivity index (χ1v) is 11.9. The highest BCUT2D eigenvalue weighted by Gasteiger charge is 2.33. The normalized spacial score (nSPS) is 15.9. The topological polar surface area (TPSA) is 103 Å². The summed E-state index contributed by atoms with van der Waals surface area (Å²) in [5.74, 6) is 0.868. The molecule has 0 N–H and O–H groups in total. The molecule has 10 nitrogen and oxygen atoms in total. The Kier molecular flexibility index (Phi) is 7.57. The van der Waals surface area contributed by atoms with Crippen LogP contribution in [0.15, 0.2) is 36.4 Å². The molecular formula is C25H32N4O6. The van der Waals surface area contributed by atoms with E-state index >= 15 is 0 Å². The number of carbonyl (C=O) groups is 2. The number of aromatic nitrogens is 2. The van der Waals surface area contributed by atoms with Gasteiger partial charge in [0.1, 0.15) is 25.4 Å². The van der Waals surface area contributed by atoms with Gasteiger partial charge in [-0.25, -0.2) is 9.59 Å². The van der Waals surface area contributed by atoms with E-state index in [1.807, 2.05) is 51.1 Å².